The Kier molecular flexibility index (Phi) is 6.61. The van der Waals surface area contributed by atoms with E-state index in [4.69, 9.17) is 9.15 Å². The molecule has 0 saturated heterocycles. The lowest BCUT2D eigenvalue weighted by Gasteiger charge is -2.21. The molecule has 0 aliphatic heterocycles. The fourth-order valence-electron chi connectivity index (χ4n) is 3.31. The van der Waals surface area contributed by atoms with E-state index in [1.807, 2.05) is 78.2 Å². The minimum Gasteiger partial charge on any atom is -0.497 e. The molecule has 0 fully saturated rings. The van der Waals surface area contributed by atoms with E-state index in [0.29, 0.717) is 17.5 Å². The van der Waals surface area contributed by atoms with E-state index in [1.54, 1.807) is 25.3 Å². The molecular weight excluding hydrogens is 424 g/mol. The zero-order valence-electron chi connectivity index (χ0n) is 18.1. The van der Waals surface area contributed by atoms with Crippen molar-refractivity contribution < 1.29 is 13.9 Å². The number of para-hydroxylation sites is 1. The van der Waals surface area contributed by atoms with Crippen molar-refractivity contribution in [2.24, 2.45) is 0 Å². The minimum absolute atomic E-state index is 0.0170. The number of hydrogen-bond acceptors (Lipinski definition) is 6. The summed E-state index contributed by atoms with van der Waals surface area (Å²) in [5.41, 5.74) is 1.72. The first-order valence-corrected chi connectivity index (χ1v) is 11.0. The van der Waals surface area contributed by atoms with E-state index in [9.17, 15) is 4.79 Å². The van der Waals surface area contributed by atoms with Gasteiger partial charge in [0.25, 0.3) is 0 Å². The van der Waals surface area contributed by atoms with Gasteiger partial charge < -0.3 is 14.1 Å². The van der Waals surface area contributed by atoms with Gasteiger partial charge in [0.15, 0.2) is 11.0 Å². The summed E-state index contributed by atoms with van der Waals surface area (Å²) in [7, 11) is 3.41. The summed E-state index contributed by atoms with van der Waals surface area (Å²) >= 11 is 1.37. The van der Waals surface area contributed by atoms with Crippen LogP contribution < -0.4 is 9.64 Å². The molecule has 4 rings (SSSR count). The van der Waals surface area contributed by atoms with Crippen LogP contribution in [0, 0.1) is 0 Å². The van der Waals surface area contributed by atoms with Crippen molar-refractivity contribution in [3.05, 3.63) is 78.8 Å². The molecule has 0 bridgehead atoms. The van der Waals surface area contributed by atoms with Gasteiger partial charge in [-0.2, -0.15) is 0 Å². The van der Waals surface area contributed by atoms with E-state index in [1.165, 1.54) is 11.8 Å². The number of carbonyl (C=O) groups is 1. The van der Waals surface area contributed by atoms with Crippen LogP contribution in [0.5, 0.6) is 5.75 Å². The molecule has 1 atom stereocenters. The van der Waals surface area contributed by atoms with Crippen LogP contribution in [0.3, 0.4) is 0 Å². The first kappa shape index (κ1) is 21.7. The van der Waals surface area contributed by atoms with E-state index in [2.05, 4.69) is 10.2 Å². The van der Waals surface area contributed by atoms with Gasteiger partial charge >= 0.3 is 0 Å². The van der Waals surface area contributed by atoms with Gasteiger partial charge in [-0.1, -0.05) is 42.1 Å². The highest BCUT2D eigenvalue weighted by atomic mass is 32.2. The third kappa shape index (κ3) is 4.70. The highest BCUT2D eigenvalue weighted by Crippen LogP contribution is 2.30. The number of nitrogens with zero attached hydrogens (tertiary/aromatic N) is 4. The first-order chi connectivity index (χ1) is 15.6. The second kappa shape index (κ2) is 9.74. The van der Waals surface area contributed by atoms with E-state index in [-0.39, 0.29) is 11.2 Å². The maximum Gasteiger partial charge on any atom is 0.240 e. The molecule has 1 amide bonds. The predicted molar refractivity (Wildman–Crippen MR) is 125 cm³/mol. The summed E-state index contributed by atoms with van der Waals surface area (Å²) in [5, 5.41) is 9.11. The first-order valence-electron chi connectivity index (χ1n) is 10.2. The number of carbonyl (C=O) groups excluding carboxylic acids is 1. The number of amides is 1. The Labute approximate surface area is 191 Å². The summed E-state index contributed by atoms with van der Waals surface area (Å²) in [6.45, 7) is 2.33. The van der Waals surface area contributed by atoms with Gasteiger partial charge in [-0.25, -0.2) is 0 Å². The average Bonchev–Trinajstić information content (AvgIpc) is 3.49. The quantitative estimate of drug-likeness (QED) is 0.363. The molecule has 7 nitrogen and oxygen atoms in total. The second-order valence-electron chi connectivity index (χ2n) is 7.20. The number of furan rings is 1. The van der Waals surface area contributed by atoms with Crippen LogP contribution in [0.15, 0.2) is 82.6 Å². The van der Waals surface area contributed by atoms with Gasteiger partial charge in [0.2, 0.25) is 5.91 Å². The monoisotopic (exact) mass is 448 g/mol. The number of methoxy groups -OCH3 is 1. The number of aromatic nitrogens is 3. The van der Waals surface area contributed by atoms with Crippen LogP contribution in [0.4, 0.5) is 5.69 Å². The number of thioether (sulfide) groups is 1. The molecule has 0 saturated carbocycles. The summed E-state index contributed by atoms with van der Waals surface area (Å²) in [6, 6.07) is 21.0. The standard InChI is InChI=1S/C24H24N4O3S/c1-17(23(29)27(2)19-10-5-4-6-11-19)32-24-26-25-22(18-9-7-12-20(15-18)30-3)28(24)16-21-13-8-14-31-21/h4-15,17H,16H2,1-3H3/t17-/m0/s1. The van der Waals surface area contributed by atoms with E-state index < -0.39 is 0 Å². The lowest BCUT2D eigenvalue weighted by atomic mass is 10.2. The lowest BCUT2D eigenvalue weighted by Crippen LogP contribution is -2.33. The Morgan fingerprint density at radius 3 is 2.66 bits per heavy atom. The molecule has 2 heterocycles. The fraction of sp³-hybridized carbons (Fsp3) is 0.208. The molecule has 8 heteroatoms. The maximum absolute atomic E-state index is 13.0. The summed E-state index contributed by atoms with van der Waals surface area (Å²) in [5.74, 6) is 2.17. The largest absolute Gasteiger partial charge is 0.497 e. The zero-order chi connectivity index (χ0) is 22.5. The molecule has 164 valence electrons. The van der Waals surface area contributed by atoms with Gasteiger partial charge in [0.05, 0.1) is 25.2 Å². The number of hydrogen-bond donors (Lipinski definition) is 0. The van der Waals surface area contributed by atoms with Gasteiger partial charge in [0, 0.05) is 18.3 Å². The smallest absolute Gasteiger partial charge is 0.240 e. The summed E-state index contributed by atoms with van der Waals surface area (Å²) < 4.78 is 12.9. The Hall–Kier alpha value is -3.52. The van der Waals surface area contributed by atoms with Crippen molar-refractivity contribution in [3.8, 4) is 17.1 Å². The minimum atomic E-state index is -0.363. The highest BCUT2D eigenvalue weighted by molar-refractivity contribution is 8.00. The maximum atomic E-state index is 13.0. The topological polar surface area (TPSA) is 73.4 Å². The number of anilines is 1. The molecule has 2 aromatic heterocycles. The Morgan fingerprint density at radius 1 is 1.12 bits per heavy atom. The molecule has 0 spiro atoms. The van der Waals surface area contributed by atoms with Crippen molar-refractivity contribution in [1.82, 2.24) is 14.8 Å². The van der Waals surface area contributed by atoms with Crippen molar-refractivity contribution >= 4 is 23.4 Å². The van der Waals surface area contributed by atoms with Gasteiger partial charge in [-0.05, 0) is 43.3 Å². The van der Waals surface area contributed by atoms with Crippen molar-refractivity contribution in [2.45, 2.75) is 23.9 Å². The Morgan fingerprint density at radius 2 is 1.94 bits per heavy atom. The third-order valence-corrected chi connectivity index (χ3v) is 6.11. The average molecular weight is 449 g/mol. The number of ether oxygens (including phenoxy) is 1. The molecule has 0 radical (unpaired) electrons. The summed E-state index contributed by atoms with van der Waals surface area (Å²) in [6.07, 6.45) is 1.64. The van der Waals surface area contributed by atoms with E-state index in [0.717, 1.165) is 22.8 Å². The normalized spacial score (nSPS) is 11.8. The van der Waals surface area contributed by atoms with Crippen molar-refractivity contribution in [1.29, 1.82) is 0 Å². The molecule has 4 aromatic rings. The Balaban J connectivity index is 1.63. The van der Waals surface area contributed by atoms with Crippen LogP contribution in [-0.4, -0.2) is 40.1 Å². The molecule has 0 unspecified atom stereocenters. The van der Waals surface area contributed by atoms with Crippen LogP contribution in [-0.2, 0) is 11.3 Å². The molecule has 0 N–H and O–H groups in total. The van der Waals surface area contributed by atoms with Crippen LogP contribution in [0.2, 0.25) is 0 Å². The molecule has 2 aromatic carbocycles. The van der Waals surface area contributed by atoms with Crippen molar-refractivity contribution in [2.75, 3.05) is 19.1 Å². The van der Waals surface area contributed by atoms with Gasteiger partial charge in [-0.15, -0.1) is 10.2 Å². The zero-order valence-corrected chi connectivity index (χ0v) is 19.0. The molecule has 0 aliphatic carbocycles. The van der Waals surface area contributed by atoms with Crippen LogP contribution in [0.25, 0.3) is 11.4 Å². The number of rotatable bonds is 8. The third-order valence-electron chi connectivity index (χ3n) is 5.04. The number of benzene rings is 2. The van der Waals surface area contributed by atoms with Gasteiger partial charge in [0.1, 0.15) is 11.5 Å². The van der Waals surface area contributed by atoms with E-state index >= 15 is 0 Å². The van der Waals surface area contributed by atoms with Crippen LogP contribution in [0.1, 0.15) is 12.7 Å². The summed E-state index contributed by atoms with van der Waals surface area (Å²) in [4.78, 5) is 14.7. The van der Waals surface area contributed by atoms with Gasteiger partial charge in [-0.3, -0.25) is 9.36 Å². The van der Waals surface area contributed by atoms with Crippen LogP contribution >= 0.6 is 11.8 Å². The highest BCUT2D eigenvalue weighted by Gasteiger charge is 2.24. The lowest BCUT2D eigenvalue weighted by molar-refractivity contribution is -0.117. The molecular formula is C24H24N4O3S. The molecule has 32 heavy (non-hydrogen) atoms. The Bertz CT molecular complexity index is 1180. The molecule has 0 aliphatic rings. The van der Waals surface area contributed by atoms with Crippen molar-refractivity contribution in [3.63, 3.8) is 0 Å². The SMILES string of the molecule is COc1cccc(-c2nnc(S[C@@H](C)C(=O)N(C)c3ccccc3)n2Cc2ccco2)c1. The second-order valence-corrected chi connectivity index (χ2v) is 8.50. The predicted octanol–water partition coefficient (Wildman–Crippen LogP) is 4.74. The fourth-order valence-corrected chi connectivity index (χ4v) is 4.25.